The van der Waals surface area contributed by atoms with E-state index >= 15 is 0 Å². The summed E-state index contributed by atoms with van der Waals surface area (Å²) in [5.41, 5.74) is 8.85. The van der Waals surface area contributed by atoms with E-state index in [1.165, 1.54) is 0 Å². The SMILES string of the molecule is CCc1noc(CC)c1CNC(=O)c1cccc(C(N)CO)c1. The largest absolute Gasteiger partial charge is 0.394 e. The zero-order chi connectivity index (χ0) is 16.8. The Morgan fingerprint density at radius 1 is 1.39 bits per heavy atom. The molecule has 1 heterocycles. The van der Waals surface area contributed by atoms with Gasteiger partial charge in [0.15, 0.2) is 0 Å². The summed E-state index contributed by atoms with van der Waals surface area (Å²) in [6.07, 6.45) is 1.49. The van der Waals surface area contributed by atoms with Crippen molar-refractivity contribution in [1.29, 1.82) is 0 Å². The van der Waals surface area contributed by atoms with Crippen molar-refractivity contribution in [2.24, 2.45) is 5.73 Å². The van der Waals surface area contributed by atoms with E-state index < -0.39 is 6.04 Å². The maximum Gasteiger partial charge on any atom is 0.251 e. The number of aryl methyl sites for hydroxylation is 2. The number of hydrogen-bond acceptors (Lipinski definition) is 5. The van der Waals surface area contributed by atoms with Gasteiger partial charge in [0.05, 0.1) is 18.3 Å². The topological polar surface area (TPSA) is 101 Å². The Morgan fingerprint density at radius 2 is 2.17 bits per heavy atom. The molecule has 0 fully saturated rings. The van der Waals surface area contributed by atoms with Gasteiger partial charge in [-0.1, -0.05) is 31.1 Å². The molecule has 0 radical (unpaired) electrons. The summed E-state index contributed by atoms with van der Waals surface area (Å²) in [7, 11) is 0. The van der Waals surface area contributed by atoms with Crippen molar-refractivity contribution >= 4 is 5.91 Å². The van der Waals surface area contributed by atoms with Gasteiger partial charge in [0.1, 0.15) is 5.76 Å². The van der Waals surface area contributed by atoms with Gasteiger partial charge in [0.2, 0.25) is 0 Å². The molecule has 1 atom stereocenters. The van der Waals surface area contributed by atoms with Gasteiger partial charge in [-0.15, -0.1) is 0 Å². The van der Waals surface area contributed by atoms with Crippen LogP contribution in [0.2, 0.25) is 0 Å². The second-order valence-corrected chi connectivity index (χ2v) is 5.34. The van der Waals surface area contributed by atoms with Crippen LogP contribution < -0.4 is 11.1 Å². The third-order valence-electron chi connectivity index (χ3n) is 3.81. The minimum atomic E-state index is -0.487. The maximum atomic E-state index is 12.3. The summed E-state index contributed by atoms with van der Waals surface area (Å²) in [6, 6.07) is 6.48. The summed E-state index contributed by atoms with van der Waals surface area (Å²) in [6.45, 7) is 4.21. The molecule has 1 aromatic heterocycles. The third-order valence-corrected chi connectivity index (χ3v) is 3.81. The lowest BCUT2D eigenvalue weighted by atomic mass is 10.0. The van der Waals surface area contributed by atoms with Crippen LogP contribution in [0.3, 0.4) is 0 Å². The lowest BCUT2D eigenvalue weighted by molar-refractivity contribution is 0.0950. The standard InChI is InChI=1S/C17H23N3O3/c1-3-15-13(16(4-2)23-20-15)9-19-17(22)12-7-5-6-11(8-12)14(18)10-21/h5-8,14,21H,3-4,9-10,18H2,1-2H3,(H,19,22). The van der Waals surface area contributed by atoms with Crippen molar-refractivity contribution in [3.8, 4) is 0 Å². The van der Waals surface area contributed by atoms with Crippen molar-refractivity contribution < 1.29 is 14.4 Å². The minimum absolute atomic E-state index is 0.161. The van der Waals surface area contributed by atoms with Crippen LogP contribution >= 0.6 is 0 Å². The van der Waals surface area contributed by atoms with Gasteiger partial charge >= 0.3 is 0 Å². The van der Waals surface area contributed by atoms with Gasteiger partial charge in [-0.2, -0.15) is 0 Å². The number of carbonyl (C=O) groups is 1. The highest BCUT2D eigenvalue weighted by Crippen LogP contribution is 2.16. The van der Waals surface area contributed by atoms with Crippen LogP contribution in [-0.4, -0.2) is 22.8 Å². The number of aliphatic hydroxyl groups excluding tert-OH is 1. The van der Waals surface area contributed by atoms with E-state index in [4.69, 9.17) is 15.4 Å². The first-order valence-corrected chi connectivity index (χ1v) is 7.81. The molecule has 2 rings (SSSR count). The lowest BCUT2D eigenvalue weighted by Gasteiger charge is -2.11. The van der Waals surface area contributed by atoms with E-state index in [-0.39, 0.29) is 12.5 Å². The van der Waals surface area contributed by atoms with Gasteiger partial charge in [0, 0.05) is 24.1 Å². The molecule has 0 bridgehead atoms. The number of aliphatic hydroxyl groups is 1. The summed E-state index contributed by atoms with van der Waals surface area (Å²) < 4.78 is 5.29. The van der Waals surface area contributed by atoms with Crippen LogP contribution in [0, 0.1) is 0 Å². The molecule has 124 valence electrons. The highest BCUT2D eigenvalue weighted by molar-refractivity contribution is 5.94. The highest BCUT2D eigenvalue weighted by atomic mass is 16.5. The number of nitrogens with one attached hydrogen (secondary N) is 1. The second kappa shape index (κ2) is 7.89. The van der Waals surface area contributed by atoms with Gasteiger partial charge in [-0.05, 0) is 24.1 Å². The molecule has 1 aromatic carbocycles. The average molecular weight is 317 g/mol. The molecule has 6 nitrogen and oxygen atoms in total. The molecular formula is C17H23N3O3. The fourth-order valence-electron chi connectivity index (χ4n) is 2.42. The quantitative estimate of drug-likeness (QED) is 0.722. The van der Waals surface area contributed by atoms with Crippen molar-refractivity contribution in [3.63, 3.8) is 0 Å². The van der Waals surface area contributed by atoms with Gasteiger partial charge < -0.3 is 20.7 Å². The van der Waals surface area contributed by atoms with Crippen LogP contribution in [0.1, 0.15) is 52.8 Å². The number of nitrogens with zero attached hydrogens (tertiary/aromatic N) is 1. The minimum Gasteiger partial charge on any atom is -0.394 e. The van der Waals surface area contributed by atoms with Gasteiger partial charge in [-0.25, -0.2) is 0 Å². The second-order valence-electron chi connectivity index (χ2n) is 5.34. The molecule has 0 saturated heterocycles. The Balaban J connectivity index is 2.10. The number of hydrogen-bond donors (Lipinski definition) is 3. The molecule has 0 aliphatic heterocycles. The van der Waals surface area contributed by atoms with E-state index in [1.54, 1.807) is 24.3 Å². The molecule has 0 spiro atoms. The Morgan fingerprint density at radius 3 is 2.83 bits per heavy atom. The van der Waals surface area contributed by atoms with Crippen molar-refractivity contribution in [2.75, 3.05) is 6.61 Å². The van der Waals surface area contributed by atoms with Crippen LogP contribution in [0.4, 0.5) is 0 Å². The molecule has 0 aliphatic carbocycles. The van der Waals surface area contributed by atoms with Crippen molar-refractivity contribution in [3.05, 3.63) is 52.4 Å². The van der Waals surface area contributed by atoms with E-state index in [2.05, 4.69) is 10.5 Å². The predicted molar refractivity (Wildman–Crippen MR) is 86.9 cm³/mol. The summed E-state index contributed by atoms with van der Waals surface area (Å²) in [4.78, 5) is 12.3. The molecule has 0 saturated carbocycles. The first kappa shape index (κ1) is 17.2. The number of carbonyl (C=O) groups excluding carboxylic acids is 1. The van der Waals surface area contributed by atoms with Crippen LogP contribution in [-0.2, 0) is 19.4 Å². The monoisotopic (exact) mass is 317 g/mol. The Bertz CT molecular complexity index is 645. The van der Waals surface area contributed by atoms with Gasteiger partial charge in [0.25, 0.3) is 5.91 Å². The Kier molecular flexibility index (Phi) is 5.90. The van der Waals surface area contributed by atoms with Crippen molar-refractivity contribution in [2.45, 2.75) is 39.3 Å². The van der Waals surface area contributed by atoms with Crippen LogP contribution in [0.15, 0.2) is 28.8 Å². The summed E-state index contributed by atoms with van der Waals surface area (Å²) in [5, 5.41) is 16.0. The first-order chi connectivity index (χ1) is 11.1. The number of amides is 1. The molecule has 1 amide bonds. The number of nitrogens with two attached hydrogens (primary N) is 1. The maximum absolute atomic E-state index is 12.3. The molecule has 2 aromatic rings. The van der Waals surface area contributed by atoms with Crippen molar-refractivity contribution in [1.82, 2.24) is 10.5 Å². The fourth-order valence-corrected chi connectivity index (χ4v) is 2.42. The normalized spacial score (nSPS) is 12.2. The average Bonchev–Trinajstić information content (AvgIpc) is 3.00. The predicted octanol–water partition coefficient (Wildman–Crippen LogP) is 1.72. The van der Waals surface area contributed by atoms with Crippen LogP contribution in [0.5, 0.6) is 0 Å². The highest BCUT2D eigenvalue weighted by Gasteiger charge is 2.15. The number of benzene rings is 1. The molecule has 4 N–H and O–H groups in total. The first-order valence-electron chi connectivity index (χ1n) is 7.81. The molecule has 0 aliphatic rings. The number of aromatic nitrogens is 1. The Labute approximate surface area is 135 Å². The zero-order valence-corrected chi connectivity index (χ0v) is 13.5. The lowest BCUT2D eigenvalue weighted by Crippen LogP contribution is -2.24. The zero-order valence-electron chi connectivity index (χ0n) is 13.5. The van der Waals surface area contributed by atoms with E-state index in [9.17, 15) is 4.79 Å². The number of rotatable bonds is 7. The Hall–Kier alpha value is -2.18. The summed E-state index contributed by atoms with van der Waals surface area (Å²) in [5.74, 6) is 0.612. The van der Waals surface area contributed by atoms with Crippen LogP contribution in [0.25, 0.3) is 0 Å². The molecule has 1 unspecified atom stereocenters. The van der Waals surface area contributed by atoms with E-state index in [1.807, 2.05) is 13.8 Å². The molecule has 23 heavy (non-hydrogen) atoms. The molecule has 6 heteroatoms. The smallest absolute Gasteiger partial charge is 0.251 e. The van der Waals surface area contributed by atoms with Gasteiger partial charge in [-0.3, -0.25) is 4.79 Å². The summed E-state index contributed by atoms with van der Waals surface area (Å²) >= 11 is 0. The van der Waals surface area contributed by atoms with E-state index in [0.717, 1.165) is 35.4 Å². The third kappa shape index (κ3) is 3.97. The fraction of sp³-hybridized carbons (Fsp3) is 0.412. The molecular weight excluding hydrogens is 294 g/mol. The van der Waals surface area contributed by atoms with E-state index in [0.29, 0.717) is 12.1 Å².